The number of hydrogen-bond donors (Lipinski definition) is 1. The Balaban J connectivity index is 1.74. The summed E-state index contributed by atoms with van der Waals surface area (Å²) in [5, 5.41) is 2.91. The summed E-state index contributed by atoms with van der Waals surface area (Å²) in [6.45, 7) is 3.24. The Bertz CT molecular complexity index is 847. The lowest BCUT2D eigenvalue weighted by Crippen LogP contribution is -2.41. The number of nitrogens with zero attached hydrogens (tertiary/aromatic N) is 2. The summed E-state index contributed by atoms with van der Waals surface area (Å²) >= 11 is 0. The third-order valence-electron chi connectivity index (χ3n) is 5.40. The minimum Gasteiger partial charge on any atom is -0.352 e. The minimum atomic E-state index is -3.78. The second-order valence-corrected chi connectivity index (χ2v) is 9.59. The summed E-state index contributed by atoms with van der Waals surface area (Å²) < 4.78 is 26.8. The van der Waals surface area contributed by atoms with Gasteiger partial charge < -0.3 is 10.2 Å². The van der Waals surface area contributed by atoms with Crippen LogP contribution in [0.1, 0.15) is 45.1 Å². The Morgan fingerprint density at radius 2 is 1.93 bits per heavy atom. The van der Waals surface area contributed by atoms with E-state index in [9.17, 15) is 18.0 Å². The van der Waals surface area contributed by atoms with Crippen molar-refractivity contribution < 1.29 is 18.0 Å². The third kappa shape index (κ3) is 4.01. The number of benzene rings is 1. The first kappa shape index (κ1) is 19.8. The van der Waals surface area contributed by atoms with Crippen molar-refractivity contribution in [1.82, 2.24) is 9.62 Å². The zero-order valence-corrected chi connectivity index (χ0v) is 16.9. The SMILES string of the molecule is CC(=O)N1c2ccc(S(=O)(=O)N(C)CC(=O)NC3CCCC3)cc2C[C@H]1C. The van der Waals surface area contributed by atoms with Gasteiger partial charge in [-0.3, -0.25) is 9.59 Å². The summed E-state index contributed by atoms with van der Waals surface area (Å²) in [7, 11) is -2.36. The summed E-state index contributed by atoms with van der Waals surface area (Å²) in [6.07, 6.45) is 4.73. The molecule has 0 saturated heterocycles. The van der Waals surface area contributed by atoms with Crippen LogP contribution in [0, 0.1) is 0 Å². The number of amides is 2. The number of anilines is 1. The predicted molar refractivity (Wildman–Crippen MR) is 103 cm³/mol. The lowest BCUT2D eigenvalue weighted by molar-refractivity contribution is -0.121. The van der Waals surface area contributed by atoms with Crippen LogP contribution in [0.25, 0.3) is 0 Å². The highest BCUT2D eigenvalue weighted by atomic mass is 32.2. The van der Waals surface area contributed by atoms with Gasteiger partial charge in [-0.15, -0.1) is 0 Å². The van der Waals surface area contributed by atoms with Gasteiger partial charge in [-0.2, -0.15) is 4.31 Å². The molecule has 1 aliphatic heterocycles. The fourth-order valence-electron chi connectivity index (χ4n) is 4.06. The van der Waals surface area contributed by atoms with E-state index in [0.717, 1.165) is 41.2 Å². The van der Waals surface area contributed by atoms with Gasteiger partial charge in [0.1, 0.15) is 0 Å². The molecular formula is C19H27N3O4S. The Morgan fingerprint density at radius 3 is 2.56 bits per heavy atom. The lowest BCUT2D eigenvalue weighted by atomic mass is 10.1. The van der Waals surface area contributed by atoms with Gasteiger partial charge in [0, 0.05) is 31.7 Å². The van der Waals surface area contributed by atoms with Crippen LogP contribution in [-0.2, 0) is 26.0 Å². The fraction of sp³-hybridized carbons (Fsp3) is 0.579. The van der Waals surface area contributed by atoms with Gasteiger partial charge in [-0.25, -0.2) is 8.42 Å². The van der Waals surface area contributed by atoms with Crippen LogP contribution < -0.4 is 10.2 Å². The maximum atomic E-state index is 12.9. The van der Waals surface area contributed by atoms with Gasteiger partial charge in [-0.05, 0) is 49.9 Å². The molecule has 0 radical (unpaired) electrons. The van der Waals surface area contributed by atoms with E-state index in [1.165, 1.54) is 20.0 Å². The molecule has 148 valence electrons. The molecule has 1 aliphatic carbocycles. The molecule has 1 aromatic carbocycles. The van der Waals surface area contributed by atoms with Gasteiger partial charge >= 0.3 is 0 Å². The summed E-state index contributed by atoms with van der Waals surface area (Å²) in [5.41, 5.74) is 1.60. The number of rotatable bonds is 5. The quantitative estimate of drug-likeness (QED) is 0.824. The van der Waals surface area contributed by atoms with Crippen LogP contribution in [0.2, 0.25) is 0 Å². The maximum Gasteiger partial charge on any atom is 0.243 e. The van der Waals surface area contributed by atoms with Crippen molar-refractivity contribution >= 4 is 27.5 Å². The fourth-order valence-corrected chi connectivity index (χ4v) is 5.24. The van der Waals surface area contributed by atoms with Gasteiger partial charge in [0.25, 0.3) is 0 Å². The molecule has 2 amide bonds. The highest BCUT2D eigenvalue weighted by molar-refractivity contribution is 7.89. The molecule has 2 aliphatic rings. The van der Waals surface area contributed by atoms with E-state index in [-0.39, 0.29) is 35.3 Å². The number of sulfonamides is 1. The minimum absolute atomic E-state index is 0.00498. The Labute approximate surface area is 160 Å². The first-order valence-corrected chi connectivity index (χ1v) is 10.8. The van der Waals surface area contributed by atoms with Crippen LogP contribution in [0.4, 0.5) is 5.69 Å². The standard InChI is InChI=1S/C19H27N3O4S/c1-13-10-15-11-17(8-9-18(15)22(13)14(2)23)27(25,26)21(3)12-19(24)20-16-6-4-5-7-16/h8-9,11,13,16H,4-7,10,12H2,1-3H3,(H,20,24)/t13-/m1/s1. The highest BCUT2D eigenvalue weighted by Crippen LogP contribution is 2.34. The average Bonchev–Trinajstić information content (AvgIpc) is 3.19. The zero-order valence-electron chi connectivity index (χ0n) is 16.1. The highest BCUT2D eigenvalue weighted by Gasteiger charge is 2.31. The third-order valence-corrected chi connectivity index (χ3v) is 7.20. The van der Waals surface area contributed by atoms with E-state index in [0.29, 0.717) is 6.42 Å². The Hall–Kier alpha value is -1.93. The predicted octanol–water partition coefficient (Wildman–Crippen LogP) is 1.66. The van der Waals surface area contributed by atoms with E-state index < -0.39 is 10.0 Å². The van der Waals surface area contributed by atoms with Crippen molar-refractivity contribution in [3.8, 4) is 0 Å². The molecule has 8 heteroatoms. The van der Waals surface area contributed by atoms with Crippen LogP contribution in [0.5, 0.6) is 0 Å². The second-order valence-electron chi connectivity index (χ2n) is 7.54. The molecule has 0 spiro atoms. The normalized spacial score (nSPS) is 20.1. The van der Waals surface area contributed by atoms with Crippen LogP contribution in [-0.4, -0.2) is 50.2 Å². The van der Waals surface area contributed by atoms with Crippen LogP contribution in [0.15, 0.2) is 23.1 Å². The van der Waals surface area contributed by atoms with Gasteiger partial charge in [0.05, 0.1) is 11.4 Å². The molecule has 1 aromatic rings. The van der Waals surface area contributed by atoms with Crippen LogP contribution in [0.3, 0.4) is 0 Å². The monoisotopic (exact) mass is 393 g/mol. The largest absolute Gasteiger partial charge is 0.352 e. The summed E-state index contributed by atoms with van der Waals surface area (Å²) in [6, 6.07) is 4.97. The van der Waals surface area contributed by atoms with Gasteiger partial charge in [0.2, 0.25) is 21.8 Å². The molecule has 0 unspecified atom stereocenters. The first-order chi connectivity index (χ1) is 12.7. The molecule has 0 bridgehead atoms. The number of nitrogens with one attached hydrogen (secondary N) is 1. The van der Waals surface area contributed by atoms with E-state index in [1.54, 1.807) is 17.0 Å². The van der Waals surface area contributed by atoms with Crippen molar-refractivity contribution in [2.45, 2.75) is 62.9 Å². The molecule has 1 heterocycles. The molecular weight excluding hydrogens is 366 g/mol. The number of carbonyl (C=O) groups is 2. The van der Waals surface area contributed by atoms with Crippen molar-refractivity contribution in [3.05, 3.63) is 23.8 Å². The summed E-state index contributed by atoms with van der Waals surface area (Å²) in [5.74, 6) is -0.330. The van der Waals surface area contributed by atoms with E-state index in [2.05, 4.69) is 5.32 Å². The zero-order chi connectivity index (χ0) is 19.8. The van der Waals surface area contributed by atoms with Crippen molar-refractivity contribution in [2.75, 3.05) is 18.5 Å². The molecule has 27 heavy (non-hydrogen) atoms. The molecule has 0 aromatic heterocycles. The van der Waals surface area contributed by atoms with E-state index >= 15 is 0 Å². The van der Waals surface area contributed by atoms with Crippen LogP contribution >= 0.6 is 0 Å². The Kier molecular flexibility index (Phi) is 5.58. The molecule has 1 fully saturated rings. The smallest absolute Gasteiger partial charge is 0.243 e. The van der Waals surface area contributed by atoms with E-state index in [4.69, 9.17) is 0 Å². The van der Waals surface area contributed by atoms with Crippen molar-refractivity contribution in [2.24, 2.45) is 0 Å². The second kappa shape index (κ2) is 7.59. The number of fused-ring (bicyclic) bond motifs is 1. The molecule has 1 N–H and O–H groups in total. The molecule has 1 atom stereocenters. The summed E-state index contributed by atoms with van der Waals surface area (Å²) in [4.78, 5) is 25.8. The Morgan fingerprint density at radius 1 is 1.26 bits per heavy atom. The molecule has 7 nitrogen and oxygen atoms in total. The molecule has 1 saturated carbocycles. The number of carbonyl (C=O) groups excluding carboxylic acids is 2. The van der Waals surface area contributed by atoms with Crippen molar-refractivity contribution in [1.29, 1.82) is 0 Å². The van der Waals surface area contributed by atoms with E-state index in [1.807, 2.05) is 6.92 Å². The van der Waals surface area contributed by atoms with Gasteiger partial charge in [0.15, 0.2) is 0 Å². The first-order valence-electron chi connectivity index (χ1n) is 9.38. The number of hydrogen-bond acceptors (Lipinski definition) is 4. The average molecular weight is 394 g/mol. The topological polar surface area (TPSA) is 86.8 Å². The number of likely N-dealkylation sites (N-methyl/N-ethyl adjacent to an activating group) is 1. The van der Waals surface area contributed by atoms with Gasteiger partial charge in [-0.1, -0.05) is 12.8 Å². The molecule has 3 rings (SSSR count). The van der Waals surface area contributed by atoms with Crippen molar-refractivity contribution in [3.63, 3.8) is 0 Å². The maximum absolute atomic E-state index is 12.9. The lowest BCUT2D eigenvalue weighted by Gasteiger charge is -2.21.